The quantitative estimate of drug-likeness (QED) is 0.725. The summed E-state index contributed by atoms with van der Waals surface area (Å²) in [5.74, 6) is 0.580. The van der Waals surface area contributed by atoms with Crippen LogP contribution in [0.15, 0.2) is 24.4 Å². The van der Waals surface area contributed by atoms with Gasteiger partial charge in [-0.15, -0.1) is 0 Å². The van der Waals surface area contributed by atoms with Crippen LogP contribution in [0.4, 0.5) is 0 Å². The van der Waals surface area contributed by atoms with Gasteiger partial charge in [0.25, 0.3) is 0 Å². The largest absolute Gasteiger partial charge is 0.262 e. The SMILES string of the molecule is CC(C)c1ccc2c(cnn2C(C)C)c1. The average molecular weight is 202 g/mol. The van der Waals surface area contributed by atoms with Crippen molar-refractivity contribution in [3.63, 3.8) is 0 Å². The number of fused-ring (bicyclic) bond motifs is 1. The van der Waals surface area contributed by atoms with Gasteiger partial charge >= 0.3 is 0 Å². The molecule has 2 rings (SSSR count). The highest BCUT2D eigenvalue weighted by Crippen LogP contribution is 2.22. The van der Waals surface area contributed by atoms with Crippen molar-refractivity contribution in [2.75, 3.05) is 0 Å². The normalized spacial score (nSPS) is 11.9. The predicted octanol–water partition coefficient (Wildman–Crippen LogP) is 3.74. The van der Waals surface area contributed by atoms with Gasteiger partial charge in [-0.25, -0.2) is 0 Å². The minimum absolute atomic E-state index is 0.424. The first kappa shape index (κ1) is 10.2. The molecule has 1 heterocycles. The van der Waals surface area contributed by atoms with E-state index in [1.54, 1.807) is 0 Å². The number of hydrogen-bond acceptors (Lipinski definition) is 1. The second-order valence-electron chi connectivity index (χ2n) is 4.66. The molecule has 0 bridgehead atoms. The Hall–Kier alpha value is -1.31. The highest BCUT2D eigenvalue weighted by molar-refractivity contribution is 5.79. The minimum atomic E-state index is 0.424. The van der Waals surface area contributed by atoms with Gasteiger partial charge in [-0.05, 0) is 37.5 Å². The molecular formula is C13H18N2. The third kappa shape index (κ3) is 1.76. The number of nitrogens with zero attached hydrogens (tertiary/aromatic N) is 2. The summed E-state index contributed by atoms with van der Waals surface area (Å²) in [4.78, 5) is 0. The van der Waals surface area contributed by atoms with Gasteiger partial charge in [-0.2, -0.15) is 5.10 Å². The summed E-state index contributed by atoms with van der Waals surface area (Å²) in [6.45, 7) is 8.74. The fourth-order valence-corrected chi connectivity index (χ4v) is 1.84. The molecule has 2 aromatic rings. The lowest BCUT2D eigenvalue weighted by Gasteiger charge is -2.08. The molecule has 0 saturated carbocycles. The van der Waals surface area contributed by atoms with E-state index in [9.17, 15) is 0 Å². The minimum Gasteiger partial charge on any atom is -0.262 e. The molecule has 80 valence electrons. The Balaban J connectivity index is 2.57. The van der Waals surface area contributed by atoms with Crippen LogP contribution in [0, 0.1) is 0 Å². The van der Waals surface area contributed by atoms with E-state index in [-0.39, 0.29) is 0 Å². The lowest BCUT2D eigenvalue weighted by atomic mass is 10.0. The predicted molar refractivity (Wildman–Crippen MR) is 64.2 cm³/mol. The zero-order valence-electron chi connectivity index (χ0n) is 9.86. The van der Waals surface area contributed by atoms with Gasteiger partial charge in [0.2, 0.25) is 0 Å². The van der Waals surface area contributed by atoms with Crippen LogP contribution in [-0.4, -0.2) is 9.78 Å². The molecule has 15 heavy (non-hydrogen) atoms. The van der Waals surface area contributed by atoms with Crippen molar-refractivity contribution >= 4 is 10.9 Å². The highest BCUT2D eigenvalue weighted by Gasteiger charge is 2.07. The van der Waals surface area contributed by atoms with Crippen LogP contribution < -0.4 is 0 Å². The van der Waals surface area contributed by atoms with Crippen molar-refractivity contribution in [2.24, 2.45) is 0 Å². The van der Waals surface area contributed by atoms with Crippen molar-refractivity contribution in [3.05, 3.63) is 30.0 Å². The molecule has 0 unspecified atom stereocenters. The van der Waals surface area contributed by atoms with Crippen LogP contribution in [0.5, 0.6) is 0 Å². The maximum atomic E-state index is 4.41. The number of rotatable bonds is 2. The second-order valence-corrected chi connectivity index (χ2v) is 4.66. The van der Waals surface area contributed by atoms with Crippen molar-refractivity contribution in [1.29, 1.82) is 0 Å². The molecule has 1 aromatic heterocycles. The molecule has 0 amide bonds. The standard InChI is InChI=1S/C13H18N2/c1-9(2)11-5-6-13-12(7-11)8-14-15(13)10(3)4/h5-10H,1-4H3. The van der Waals surface area contributed by atoms with E-state index < -0.39 is 0 Å². The monoisotopic (exact) mass is 202 g/mol. The third-order valence-corrected chi connectivity index (χ3v) is 2.78. The van der Waals surface area contributed by atoms with Gasteiger partial charge in [0.1, 0.15) is 0 Å². The molecule has 2 nitrogen and oxygen atoms in total. The van der Waals surface area contributed by atoms with Crippen LogP contribution in [0.1, 0.15) is 45.2 Å². The first-order valence-corrected chi connectivity index (χ1v) is 5.56. The van der Waals surface area contributed by atoms with E-state index in [4.69, 9.17) is 0 Å². The fourth-order valence-electron chi connectivity index (χ4n) is 1.84. The zero-order valence-corrected chi connectivity index (χ0v) is 9.86. The molecule has 0 radical (unpaired) electrons. The van der Waals surface area contributed by atoms with Gasteiger partial charge < -0.3 is 0 Å². The van der Waals surface area contributed by atoms with E-state index in [0.29, 0.717) is 12.0 Å². The van der Waals surface area contributed by atoms with E-state index >= 15 is 0 Å². The Labute approximate surface area is 90.9 Å². The number of aromatic nitrogens is 2. The molecule has 2 heteroatoms. The van der Waals surface area contributed by atoms with E-state index in [1.165, 1.54) is 16.5 Å². The van der Waals surface area contributed by atoms with Gasteiger partial charge in [-0.1, -0.05) is 19.9 Å². The lowest BCUT2D eigenvalue weighted by molar-refractivity contribution is 0.551. The first-order chi connectivity index (χ1) is 7.09. The third-order valence-electron chi connectivity index (χ3n) is 2.78. The maximum absolute atomic E-state index is 4.41. The van der Waals surface area contributed by atoms with Crippen LogP contribution in [0.2, 0.25) is 0 Å². The molecular weight excluding hydrogens is 184 g/mol. The molecule has 1 aromatic carbocycles. The molecule has 0 fully saturated rings. The molecule has 0 saturated heterocycles. The average Bonchev–Trinajstić information content (AvgIpc) is 2.59. The number of hydrogen-bond donors (Lipinski definition) is 0. The van der Waals surface area contributed by atoms with Crippen molar-refractivity contribution in [2.45, 2.75) is 39.7 Å². The van der Waals surface area contributed by atoms with Gasteiger partial charge in [0.15, 0.2) is 0 Å². The summed E-state index contributed by atoms with van der Waals surface area (Å²) >= 11 is 0. The van der Waals surface area contributed by atoms with Crippen molar-refractivity contribution in [1.82, 2.24) is 9.78 Å². The molecule has 0 aliphatic carbocycles. The first-order valence-electron chi connectivity index (χ1n) is 5.56. The Morgan fingerprint density at radius 2 is 1.87 bits per heavy atom. The highest BCUT2D eigenvalue weighted by atomic mass is 15.3. The maximum Gasteiger partial charge on any atom is 0.0685 e. The smallest absolute Gasteiger partial charge is 0.0685 e. The molecule has 0 aliphatic rings. The summed E-state index contributed by atoms with van der Waals surface area (Å²) in [6, 6.07) is 7.05. The Morgan fingerprint density at radius 3 is 2.47 bits per heavy atom. The number of benzene rings is 1. The van der Waals surface area contributed by atoms with Crippen molar-refractivity contribution in [3.8, 4) is 0 Å². The molecule has 0 spiro atoms. The summed E-state index contributed by atoms with van der Waals surface area (Å²) in [5.41, 5.74) is 2.61. The van der Waals surface area contributed by atoms with Crippen LogP contribution >= 0.6 is 0 Å². The lowest BCUT2D eigenvalue weighted by Crippen LogP contribution is -2.01. The Bertz CT molecular complexity index is 466. The summed E-state index contributed by atoms with van der Waals surface area (Å²) in [5, 5.41) is 5.66. The molecule has 0 N–H and O–H groups in total. The van der Waals surface area contributed by atoms with E-state index in [2.05, 4.69) is 55.7 Å². The topological polar surface area (TPSA) is 17.8 Å². The van der Waals surface area contributed by atoms with Crippen LogP contribution in [0.3, 0.4) is 0 Å². The second kappa shape index (κ2) is 3.69. The van der Waals surface area contributed by atoms with Crippen LogP contribution in [-0.2, 0) is 0 Å². The molecule has 0 atom stereocenters. The summed E-state index contributed by atoms with van der Waals surface area (Å²) in [7, 11) is 0. The fraction of sp³-hybridized carbons (Fsp3) is 0.462. The van der Waals surface area contributed by atoms with Crippen molar-refractivity contribution < 1.29 is 0 Å². The van der Waals surface area contributed by atoms with Gasteiger partial charge in [0, 0.05) is 11.4 Å². The zero-order chi connectivity index (χ0) is 11.0. The van der Waals surface area contributed by atoms with Gasteiger partial charge in [-0.3, -0.25) is 4.68 Å². The van der Waals surface area contributed by atoms with Crippen LogP contribution in [0.25, 0.3) is 10.9 Å². The Morgan fingerprint density at radius 1 is 1.13 bits per heavy atom. The van der Waals surface area contributed by atoms with Gasteiger partial charge in [0.05, 0.1) is 11.7 Å². The Kier molecular flexibility index (Phi) is 2.51. The van der Waals surface area contributed by atoms with E-state index in [0.717, 1.165) is 0 Å². The van der Waals surface area contributed by atoms with E-state index in [1.807, 2.05) is 6.20 Å². The summed E-state index contributed by atoms with van der Waals surface area (Å²) < 4.78 is 2.07. The summed E-state index contributed by atoms with van der Waals surface area (Å²) in [6.07, 6.45) is 1.96. The molecule has 0 aliphatic heterocycles.